The summed E-state index contributed by atoms with van der Waals surface area (Å²) in [5, 5.41) is 21.7. The van der Waals surface area contributed by atoms with Gasteiger partial charge in [0, 0.05) is 28.6 Å². The maximum absolute atomic E-state index is 10.6. The highest BCUT2D eigenvalue weighted by Gasteiger charge is 2.11. The second-order valence-electron chi connectivity index (χ2n) is 3.11. The molecule has 17 heavy (non-hydrogen) atoms. The number of thiazole rings is 1. The minimum Gasteiger partial charge on any atom is -0.392 e. The Hall–Kier alpha value is -1.44. The lowest BCUT2D eigenvalue weighted by atomic mass is 10.2. The summed E-state index contributed by atoms with van der Waals surface area (Å²) in [6.07, 6.45) is 1.69. The lowest BCUT2D eigenvalue weighted by Crippen LogP contribution is -1.93. The first-order valence-corrected chi connectivity index (χ1v) is 6.36. The first-order valence-electron chi connectivity index (χ1n) is 4.66. The van der Waals surface area contributed by atoms with E-state index in [9.17, 15) is 15.2 Å². The second-order valence-corrected chi connectivity index (χ2v) is 5.29. The minimum absolute atomic E-state index is 0.0162. The zero-order valence-electron chi connectivity index (χ0n) is 8.57. The fourth-order valence-corrected chi connectivity index (χ4v) is 2.94. The van der Waals surface area contributed by atoms with E-state index in [2.05, 4.69) is 4.98 Å². The van der Waals surface area contributed by atoms with Crippen LogP contribution in [0.25, 0.3) is 0 Å². The fraction of sp³-hybridized carbons (Fsp3) is 0.100. The monoisotopic (exact) mass is 268 g/mol. The van der Waals surface area contributed by atoms with E-state index in [1.54, 1.807) is 12.3 Å². The van der Waals surface area contributed by atoms with Gasteiger partial charge in [-0.25, -0.2) is 4.98 Å². The third-order valence-electron chi connectivity index (χ3n) is 2.03. The van der Waals surface area contributed by atoms with Gasteiger partial charge >= 0.3 is 0 Å². The molecule has 0 amide bonds. The highest BCUT2D eigenvalue weighted by atomic mass is 32.2. The van der Waals surface area contributed by atoms with Crippen LogP contribution in [-0.4, -0.2) is 15.0 Å². The van der Waals surface area contributed by atoms with Gasteiger partial charge in [0.1, 0.15) is 0 Å². The summed E-state index contributed by atoms with van der Waals surface area (Å²) in [6, 6.07) is 4.45. The van der Waals surface area contributed by atoms with Gasteiger partial charge in [-0.1, -0.05) is 11.8 Å². The van der Waals surface area contributed by atoms with Crippen LogP contribution in [0, 0.1) is 10.1 Å². The van der Waals surface area contributed by atoms with Crippen LogP contribution in [0.15, 0.2) is 39.0 Å². The first kappa shape index (κ1) is 12.0. The Morgan fingerprint density at radius 1 is 1.53 bits per heavy atom. The molecule has 2 aromatic rings. The van der Waals surface area contributed by atoms with Gasteiger partial charge in [-0.2, -0.15) is 0 Å². The van der Waals surface area contributed by atoms with E-state index in [0.29, 0.717) is 5.56 Å². The summed E-state index contributed by atoms with van der Waals surface area (Å²) in [5.41, 5.74) is 0.525. The standard InChI is InChI=1S/C10H8N2O3S2/c13-6-7-5-8(12(14)15)1-2-9(7)17-10-11-3-4-16-10/h1-5,13H,6H2. The lowest BCUT2D eigenvalue weighted by molar-refractivity contribution is -0.385. The normalized spacial score (nSPS) is 10.4. The van der Waals surface area contributed by atoms with Gasteiger partial charge < -0.3 is 5.11 Å². The van der Waals surface area contributed by atoms with E-state index >= 15 is 0 Å². The number of hydrogen-bond donors (Lipinski definition) is 1. The van der Waals surface area contributed by atoms with E-state index in [-0.39, 0.29) is 12.3 Å². The summed E-state index contributed by atoms with van der Waals surface area (Å²) in [6.45, 7) is -0.227. The maximum Gasteiger partial charge on any atom is 0.269 e. The topological polar surface area (TPSA) is 76.3 Å². The van der Waals surface area contributed by atoms with E-state index in [1.807, 2.05) is 5.38 Å². The molecule has 1 aromatic carbocycles. The zero-order valence-corrected chi connectivity index (χ0v) is 10.2. The average Bonchev–Trinajstić information content (AvgIpc) is 2.82. The van der Waals surface area contributed by atoms with E-state index in [1.165, 1.54) is 35.2 Å². The van der Waals surface area contributed by atoms with Gasteiger partial charge in [0.05, 0.1) is 11.5 Å². The zero-order chi connectivity index (χ0) is 12.3. The number of nitro groups is 1. The lowest BCUT2D eigenvalue weighted by Gasteiger charge is -2.04. The summed E-state index contributed by atoms with van der Waals surface area (Å²) in [4.78, 5) is 15.0. The summed E-state index contributed by atoms with van der Waals surface area (Å²) in [5.74, 6) is 0. The maximum atomic E-state index is 10.6. The Morgan fingerprint density at radius 3 is 2.94 bits per heavy atom. The molecule has 2 rings (SSSR count). The number of non-ortho nitro benzene ring substituents is 1. The van der Waals surface area contributed by atoms with Crippen molar-refractivity contribution in [1.29, 1.82) is 0 Å². The van der Waals surface area contributed by atoms with Crippen LogP contribution >= 0.6 is 23.1 Å². The quantitative estimate of drug-likeness (QED) is 0.681. The molecule has 0 radical (unpaired) electrons. The molecule has 0 bridgehead atoms. The van der Waals surface area contributed by atoms with Crippen molar-refractivity contribution >= 4 is 28.8 Å². The number of hydrogen-bond acceptors (Lipinski definition) is 6. The van der Waals surface area contributed by atoms with Gasteiger partial charge in [-0.15, -0.1) is 11.3 Å². The molecule has 1 aromatic heterocycles. The number of aliphatic hydroxyl groups excluding tert-OH is 1. The Kier molecular flexibility index (Phi) is 3.72. The molecule has 7 heteroatoms. The Bertz CT molecular complexity index is 528. The molecular weight excluding hydrogens is 260 g/mol. The van der Waals surface area contributed by atoms with Gasteiger partial charge in [0.15, 0.2) is 4.34 Å². The molecule has 5 nitrogen and oxygen atoms in total. The smallest absolute Gasteiger partial charge is 0.269 e. The largest absolute Gasteiger partial charge is 0.392 e. The molecule has 0 aliphatic heterocycles. The molecular formula is C10H8N2O3S2. The van der Waals surface area contributed by atoms with Crippen molar-refractivity contribution in [3.05, 3.63) is 45.5 Å². The van der Waals surface area contributed by atoms with Crippen molar-refractivity contribution in [2.75, 3.05) is 0 Å². The van der Waals surface area contributed by atoms with Crippen molar-refractivity contribution in [3.63, 3.8) is 0 Å². The van der Waals surface area contributed by atoms with Crippen LogP contribution in [0.4, 0.5) is 5.69 Å². The Balaban J connectivity index is 2.31. The van der Waals surface area contributed by atoms with Crippen molar-refractivity contribution in [1.82, 2.24) is 4.98 Å². The fourth-order valence-electron chi connectivity index (χ4n) is 1.26. The molecule has 0 spiro atoms. The predicted molar refractivity (Wildman–Crippen MR) is 65.3 cm³/mol. The molecule has 0 saturated heterocycles. The van der Waals surface area contributed by atoms with Crippen LogP contribution < -0.4 is 0 Å². The summed E-state index contributed by atoms with van der Waals surface area (Å²) in [7, 11) is 0. The molecule has 0 atom stereocenters. The third-order valence-corrected chi connectivity index (χ3v) is 4.03. The van der Waals surface area contributed by atoms with Crippen LogP contribution in [0.5, 0.6) is 0 Å². The van der Waals surface area contributed by atoms with Gasteiger partial charge in [-0.05, 0) is 11.6 Å². The van der Waals surface area contributed by atoms with E-state index in [4.69, 9.17) is 0 Å². The molecule has 88 valence electrons. The van der Waals surface area contributed by atoms with Crippen molar-refractivity contribution in [2.24, 2.45) is 0 Å². The van der Waals surface area contributed by atoms with E-state index in [0.717, 1.165) is 9.24 Å². The molecule has 0 fully saturated rings. The predicted octanol–water partition coefficient (Wildman–Crippen LogP) is 2.69. The minimum atomic E-state index is -0.475. The Morgan fingerprint density at radius 2 is 2.35 bits per heavy atom. The molecule has 1 heterocycles. The number of nitro benzene ring substituents is 1. The number of benzene rings is 1. The number of nitrogens with zero attached hydrogens (tertiary/aromatic N) is 2. The van der Waals surface area contributed by atoms with Crippen molar-refractivity contribution in [2.45, 2.75) is 15.8 Å². The Labute approximate surface area is 105 Å². The number of aliphatic hydroxyl groups is 1. The van der Waals surface area contributed by atoms with Crippen LogP contribution in [0.2, 0.25) is 0 Å². The molecule has 0 aliphatic carbocycles. The second kappa shape index (κ2) is 5.26. The van der Waals surface area contributed by atoms with Crippen LogP contribution in [0.3, 0.4) is 0 Å². The third kappa shape index (κ3) is 2.82. The number of aromatic nitrogens is 1. The SMILES string of the molecule is O=[N+]([O-])c1ccc(Sc2nccs2)c(CO)c1. The highest BCUT2D eigenvalue weighted by molar-refractivity contribution is 8.01. The molecule has 1 N–H and O–H groups in total. The highest BCUT2D eigenvalue weighted by Crippen LogP contribution is 2.33. The molecule has 0 unspecified atom stereocenters. The van der Waals surface area contributed by atoms with Crippen molar-refractivity contribution in [3.8, 4) is 0 Å². The summed E-state index contributed by atoms with van der Waals surface area (Å²) < 4.78 is 0.841. The van der Waals surface area contributed by atoms with Crippen molar-refractivity contribution < 1.29 is 10.0 Å². The van der Waals surface area contributed by atoms with E-state index < -0.39 is 4.92 Å². The van der Waals surface area contributed by atoms with Gasteiger partial charge in [-0.3, -0.25) is 10.1 Å². The first-order chi connectivity index (χ1) is 8.20. The van der Waals surface area contributed by atoms with Gasteiger partial charge in [0.2, 0.25) is 0 Å². The molecule has 0 aliphatic rings. The van der Waals surface area contributed by atoms with Gasteiger partial charge in [0.25, 0.3) is 5.69 Å². The van der Waals surface area contributed by atoms with Crippen LogP contribution in [0.1, 0.15) is 5.56 Å². The van der Waals surface area contributed by atoms with Crippen LogP contribution in [-0.2, 0) is 6.61 Å². The summed E-state index contributed by atoms with van der Waals surface area (Å²) >= 11 is 2.87. The molecule has 0 saturated carbocycles. The number of rotatable bonds is 4. The average molecular weight is 268 g/mol.